The van der Waals surface area contributed by atoms with Gasteiger partial charge in [0.05, 0.1) is 45.7 Å². The lowest BCUT2D eigenvalue weighted by Crippen LogP contribution is -2.49. The standard InChI is InChI=1S/C31H35N3O5/c1-36-30-8-3-2-6-24(30)21-37-16-5-17-38-27-13-10-25(11-14-27)34-26(19-32-20-31(34)35)22-39-28-12-9-23-7-4-15-33-29(23)18-28/h2-3,6,8-14,18,20,26,33H,4-5,7,15-17,19,21-22H2,1H3/t26-/m0/s1. The molecule has 2 aliphatic heterocycles. The van der Waals surface area contributed by atoms with Gasteiger partial charge in [-0.2, -0.15) is 0 Å². The Morgan fingerprint density at radius 1 is 1.00 bits per heavy atom. The lowest BCUT2D eigenvalue weighted by atomic mass is 10.0. The number of aryl methyl sites for hydroxylation is 1. The highest BCUT2D eigenvalue weighted by atomic mass is 16.5. The Morgan fingerprint density at radius 3 is 2.72 bits per heavy atom. The Hall–Kier alpha value is -4.04. The molecule has 0 unspecified atom stereocenters. The summed E-state index contributed by atoms with van der Waals surface area (Å²) in [5.74, 6) is 2.22. The number of hydrogen-bond acceptors (Lipinski definition) is 7. The topological polar surface area (TPSA) is 81.6 Å². The van der Waals surface area contributed by atoms with E-state index in [1.54, 1.807) is 12.0 Å². The molecule has 0 bridgehead atoms. The molecule has 0 aliphatic carbocycles. The van der Waals surface area contributed by atoms with Crippen LogP contribution in [-0.2, 0) is 22.6 Å². The number of rotatable bonds is 12. The summed E-state index contributed by atoms with van der Waals surface area (Å²) >= 11 is 0. The zero-order valence-corrected chi connectivity index (χ0v) is 22.3. The summed E-state index contributed by atoms with van der Waals surface area (Å²) in [7, 11) is 1.66. The summed E-state index contributed by atoms with van der Waals surface area (Å²) < 4.78 is 23.1. The number of fused-ring (bicyclic) bond motifs is 1. The average Bonchev–Trinajstić information content (AvgIpc) is 2.98. The van der Waals surface area contributed by atoms with Crippen molar-refractivity contribution in [3.05, 3.63) is 77.9 Å². The summed E-state index contributed by atoms with van der Waals surface area (Å²) in [6, 6.07) is 21.4. The van der Waals surface area contributed by atoms with E-state index < -0.39 is 0 Å². The summed E-state index contributed by atoms with van der Waals surface area (Å²) in [5.41, 5.74) is 4.26. The SMILES string of the molecule is COc1ccccc1COCCCOc1ccc(N2C(=O)C=NC[C@H]2COc2ccc3c(c2)NCCC3)cc1. The molecule has 0 saturated carbocycles. The normalized spacial score (nSPS) is 16.4. The van der Waals surface area contributed by atoms with E-state index in [1.807, 2.05) is 60.7 Å². The Labute approximate surface area is 229 Å². The number of carbonyl (C=O) groups excluding carboxylic acids is 1. The van der Waals surface area contributed by atoms with Gasteiger partial charge >= 0.3 is 0 Å². The van der Waals surface area contributed by atoms with Crippen molar-refractivity contribution >= 4 is 23.5 Å². The van der Waals surface area contributed by atoms with E-state index >= 15 is 0 Å². The number of nitrogens with one attached hydrogen (secondary N) is 1. The van der Waals surface area contributed by atoms with Crippen molar-refractivity contribution in [1.82, 2.24) is 0 Å². The number of para-hydroxylation sites is 1. The number of methoxy groups -OCH3 is 1. The highest BCUT2D eigenvalue weighted by molar-refractivity contribution is 6.33. The van der Waals surface area contributed by atoms with E-state index in [-0.39, 0.29) is 11.9 Å². The second-order valence-electron chi connectivity index (χ2n) is 9.58. The fourth-order valence-corrected chi connectivity index (χ4v) is 4.82. The first-order valence-electron chi connectivity index (χ1n) is 13.5. The van der Waals surface area contributed by atoms with Crippen LogP contribution in [0.15, 0.2) is 71.7 Å². The molecule has 1 N–H and O–H groups in total. The van der Waals surface area contributed by atoms with Crippen molar-refractivity contribution in [3.8, 4) is 17.2 Å². The van der Waals surface area contributed by atoms with Crippen LogP contribution < -0.4 is 24.4 Å². The van der Waals surface area contributed by atoms with E-state index in [9.17, 15) is 4.79 Å². The first-order chi connectivity index (χ1) is 19.2. The van der Waals surface area contributed by atoms with Gasteiger partial charge < -0.3 is 24.3 Å². The highest BCUT2D eigenvalue weighted by Gasteiger charge is 2.28. The molecule has 8 nitrogen and oxygen atoms in total. The molecule has 0 fully saturated rings. The van der Waals surface area contributed by atoms with Gasteiger partial charge in [-0.1, -0.05) is 24.3 Å². The van der Waals surface area contributed by atoms with E-state index in [0.717, 1.165) is 60.0 Å². The van der Waals surface area contributed by atoms with E-state index in [4.69, 9.17) is 18.9 Å². The smallest absolute Gasteiger partial charge is 0.269 e. The van der Waals surface area contributed by atoms with Gasteiger partial charge in [0.1, 0.15) is 23.9 Å². The van der Waals surface area contributed by atoms with Crippen LogP contribution >= 0.6 is 0 Å². The van der Waals surface area contributed by atoms with Crippen LogP contribution in [0, 0.1) is 0 Å². The zero-order chi connectivity index (χ0) is 26.9. The minimum atomic E-state index is -0.196. The van der Waals surface area contributed by atoms with Gasteiger partial charge in [0.2, 0.25) is 0 Å². The molecule has 0 radical (unpaired) electrons. The molecule has 2 aliphatic rings. The van der Waals surface area contributed by atoms with Gasteiger partial charge in [0.15, 0.2) is 0 Å². The molecule has 0 saturated heterocycles. The Kier molecular flexibility index (Phi) is 8.96. The summed E-state index contributed by atoms with van der Waals surface area (Å²) in [6.07, 6.45) is 4.37. The van der Waals surface area contributed by atoms with Crippen LogP contribution in [0.3, 0.4) is 0 Å². The summed E-state index contributed by atoms with van der Waals surface area (Å²) in [6.45, 7) is 3.44. The number of nitrogens with zero attached hydrogens (tertiary/aromatic N) is 2. The number of aliphatic imine (C=N–C) groups is 1. The number of amides is 1. The second-order valence-corrected chi connectivity index (χ2v) is 9.58. The van der Waals surface area contributed by atoms with Gasteiger partial charge in [-0.25, -0.2) is 0 Å². The quantitative estimate of drug-likeness (QED) is 0.336. The maximum absolute atomic E-state index is 12.8. The molecule has 3 aromatic carbocycles. The van der Waals surface area contributed by atoms with Gasteiger partial charge in [0, 0.05) is 36.0 Å². The van der Waals surface area contributed by atoms with Crippen LogP contribution in [0.2, 0.25) is 0 Å². The first-order valence-corrected chi connectivity index (χ1v) is 13.5. The molecule has 0 aromatic heterocycles. The van der Waals surface area contributed by atoms with Crippen molar-refractivity contribution in [2.75, 3.05) is 50.2 Å². The minimum absolute atomic E-state index is 0.150. The number of hydrogen-bond donors (Lipinski definition) is 1. The Bertz CT molecular complexity index is 1280. The van der Waals surface area contributed by atoms with E-state index in [1.165, 1.54) is 11.8 Å². The molecule has 39 heavy (non-hydrogen) atoms. The summed E-state index contributed by atoms with van der Waals surface area (Å²) in [4.78, 5) is 18.8. The third-order valence-corrected chi connectivity index (χ3v) is 6.85. The van der Waals surface area contributed by atoms with E-state index in [0.29, 0.717) is 33.0 Å². The van der Waals surface area contributed by atoms with Gasteiger partial charge in [0.25, 0.3) is 5.91 Å². The first kappa shape index (κ1) is 26.6. The van der Waals surface area contributed by atoms with Crippen LogP contribution in [0.5, 0.6) is 17.2 Å². The monoisotopic (exact) mass is 529 g/mol. The number of ether oxygens (including phenoxy) is 4. The number of carbonyl (C=O) groups is 1. The molecule has 1 atom stereocenters. The lowest BCUT2D eigenvalue weighted by molar-refractivity contribution is -0.113. The van der Waals surface area contributed by atoms with Gasteiger partial charge in [-0.05, 0) is 54.8 Å². The van der Waals surface area contributed by atoms with Crippen molar-refractivity contribution in [2.45, 2.75) is 31.9 Å². The zero-order valence-electron chi connectivity index (χ0n) is 22.3. The van der Waals surface area contributed by atoms with Gasteiger partial charge in [-0.3, -0.25) is 14.7 Å². The molecular formula is C31H35N3O5. The molecular weight excluding hydrogens is 494 g/mol. The molecule has 0 spiro atoms. The maximum Gasteiger partial charge on any atom is 0.269 e. The average molecular weight is 530 g/mol. The van der Waals surface area contributed by atoms with Gasteiger partial charge in [-0.15, -0.1) is 0 Å². The third kappa shape index (κ3) is 6.89. The van der Waals surface area contributed by atoms with Crippen molar-refractivity contribution in [1.29, 1.82) is 0 Å². The lowest BCUT2D eigenvalue weighted by Gasteiger charge is -2.32. The summed E-state index contributed by atoms with van der Waals surface area (Å²) in [5, 5.41) is 3.43. The molecule has 1 amide bonds. The van der Waals surface area contributed by atoms with Crippen molar-refractivity contribution < 1.29 is 23.7 Å². The third-order valence-electron chi connectivity index (χ3n) is 6.85. The van der Waals surface area contributed by atoms with Crippen LogP contribution in [0.25, 0.3) is 0 Å². The maximum atomic E-state index is 12.8. The molecule has 3 aromatic rings. The van der Waals surface area contributed by atoms with Crippen LogP contribution in [0.4, 0.5) is 11.4 Å². The minimum Gasteiger partial charge on any atom is -0.496 e. The molecule has 5 rings (SSSR count). The second kappa shape index (κ2) is 13.2. The Balaban J connectivity index is 1.10. The highest BCUT2D eigenvalue weighted by Crippen LogP contribution is 2.28. The van der Waals surface area contributed by atoms with Crippen molar-refractivity contribution in [2.24, 2.45) is 4.99 Å². The molecule has 8 heteroatoms. The van der Waals surface area contributed by atoms with Crippen molar-refractivity contribution in [3.63, 3.8) is 0 Å². The predicted molar refractivity (Wildman–Crippen MR) is 153 cm³/mol. The molecule has 2 heterocycles. The predicted octanol–water partition coefficient (Wildman–Crippen LogP) is 4.90. The van der Waals surface area contributed by atoms with E-state index in [2.05, 4.69) is 16.4 Å². The number of anilines is 2. The fourth-order valence-electron chi connectivity index (χ4n) is 4.82. The van der Waals surface area contributed by atoms with Crippen LogP contribution in [-0.4, -0.2) is 58.2 Å². The fraction of sp³-hybridized carbons (Fsp3) is 0.355. The number of benzene rings is 3. The van der Waals surface area contributed by atoms with Crippen LogP contribution in [0.1, 0.15) is 24.0 Å². The largest absolute Gasteiger partial charge is 0.496 e. The Morgan fingerprint density at radius 2 is 1.85 bits per heavy atom. The molecule has 204 valence electrons.